The van der Waals surface area contributed by atoms with Crippen LogP contribution < -0.4 is 10.1 Å². The number of nitrogens with zero attached hydrogens (tertiary/aromatic N) is 1. The Labute approximate surface area is 149 Å². The van der Waals surface area contributed by atoms with Crippen LogP contribution in [0.4, 0.5) is 10.1 Å². The summed E-state index contributed by atoms with van der Waals surface area (Å²) in [6, 6.07) is 14.3. The lowest BCUT2D eigenvalue weighted by Crippen LogP contribution is -2.30. The first kappa shape index (κ1) is 19.2. The van der Waals surface area contributed by atoms with Crippen molar-refractivity contribution in [2.45, 2.75) is 25.5 Å². The van der Waals surface area contributed by atoms with Crippen LogP contribution >= 0.6 is 0 Å². The van der Waals surface area contributed by atoms with E-state index in [2.05, 4.69) is 12.2 Å². The van der Waals surface area contributed by atoms with Gasteiger partial charge in [0.05, 0.1) is 6.04 Å². The summed E-state index contributed by atoms with van der Waals surface area (Å²) < 4.78 is 18.7. The van der Waals surface area contributed by atoms with Crippen LogP contribution in [-0.4, -0.2) is 43.4 Å². The normalized spacial score (nSPS) is 13.5. The third-order valence-corrected chi connectivity index (χ3v) is 3.89. The highest BCUT2D eigenvalue weighted by Gasteiger charge is 2.10. The molecule has 0 fully saturated rings. The lowest BCUT2D eigenvalue weighted by molar-refractivity contribution is 0.0831. The molecule has 0 aliphatic heterocycles. The van der Waals surface area contributed by atoms with Crippen LogP contribution in [-0.2, 0) is 0 Å². The molecule has 0 saturated heterocycles. The fourth-order valence-corrected chi connectivity index (χ4v) is 2.63. The first-order chi connectivity index (χ1) is 12.0. The molecule has 2 atom stereocenters. The van der Waals surface area contributed by atoms with Gasteiger partial charge in [-0.05, 0) is 62.5 Å². The number of nitrogens with one attached hydrogen (secondary N) is 1. The van der Waals surface area contributed by atoms with Gasteiger partial charge >= 0.3 is 0 Å². The second-order valence-corrected chi connectivity index (χ2v) is 6.41. The lowest BCUT2D eigenvalue weighted by atomic mass is 10.0. The van der Waals surface area contributed by atoms with E-state index in [4.69, 9.17) is 4.74 Å². The number of likely N-dealkylation sites (N-methyl/N-ethyl adjacent to an activating group) is 1. The van der Waals surface area contributed by atoms with Crippen LogP contribution in [0.1, 0.15) is 24.9 Å². The summed E-state index contributed by atoms with van der Waals surface area (Å²) in [5.41, 5.74) is 2.02. The average molecular weight is 346 g/mol. The van der Waals surface area contributed by atoms with Crippen molar-refractivity contribution in [1.29, 1.82) is 0 Å². The van der Waals surface area contributed by atoms with Gasteiger partial charge in [-0.3, -0.25) is 0 Å². The minimum Gasteiger partial charge on any atom is -0.491 e. The Hall–Kier alpha value is -2.11. The first-order valence-corrected chi connectivity index (χ1v) is 8.55. The largest absolute Gasteiger partial charge is 0.491 e. The molecule has 2 aromatic rings. The molecule has 0 heterocycles. The molecule has 0 radical (unpaired) electrons. The molecule has 5 heteroatoms. The molecule has 4 nitrogen and oxygen atoms in total. The number of anilines is 1. The van der Waals surface area contributed by atoms with Crippen molar-refractivity contribution in [3.05, 3.63) is 59.9 Å². The van der Waals surface area contributed by atoms with E-state index >= 15 is 0 Å². The molecule has 0 saturated carbocycles. The van der Waals surface area contributed by atoms with Crippen LogP contribution in [0.15, 0.2) is 48.5 Å². The third kappa shape index (κ3) is 6.36. The molecule has 0 aromatic heterocycles. The lowest BCUT2D eigenvalue weighted by Gasteiger charge is -2.19. The summed E-state index contributed by atoms with van der Waals surface area (Å²) in [4.78, 5) is 1.92. The van der Waals surface area contributed by atoms with Crippen molar-refractivity contribution in [3.8, 4) is 5.75 Å². The number of halogens is 1. The van der Waals surface area contributed by atoms with Gasteiger partial charge in [-0.15, -0.1) is 0 Å². The maximum atomic E-state index is 13.1. The Bertz CT molecular complexity index is 629. The van der Waals surface area contributed by atoms with Gasteiger partial charge in [-0.1, -0.05) is 19.1 Å². The molecule has 0 bridgehead atoms. The summed E-state index contributed by atoms with van der Waals surface area (Å²) in [6.07, 6.45) is 0.372. The number of hydrogen-bond donors (Lipinski definition) is 2. The molecule has 0 aliphatic rings. The third-order valence-electron chi connectivity index (χ3n) is 3.89. The number of aliphatic hydroxyl groups is 1. The Morgan fingerprint density at radius 2 is 1.72 bits per heavy atom. The van der Waals surface area contributed by atoms with Gasteiger partial charge in [0.2, 0.25) is 0 Å². The minimum absolute atomic E-state index is 0.120. The van der Waals surface area contributed by atoms with Crippen molar-refractivity contribution in [1.82, 2.24) is 4.90 Å². The molecule has 2 rings (SSSR count). The van der Waals surface area contributed by atoms with Gasteiger partial charge in [-0.25, -0.2) is 4.39 Å². The van der Waals surface area contributed by atoms with Crippen LogP contribution in [0, 0.1) is 5.82 Å². The van der Waals surface area contributed by atoms with Gasteiger partial charge in [0, 0.05) is 12.2 Å². The fraction of sp³-hybridized carbons (Fsp3) is 0.400. The molecule has 2 aromatic carbocycles. The molecule has 0 spiro atoms. The van der Waals surface area contributed by atoms with Crippen molar-refractivity contribution in [2.24, 2.45) is 0 Å². The van der Waals surface area contributed by atoms with E-state index in [1.165, 1.54) is 12.1 Å². The summed E-state index contributed by atoms with van der Waals surface area (Å²) in [5.74, 6) is 0.495. The zero-order chi connectivity index (χ0) is 18.2. The highest BCUT2D eigenvalue weighted by Crippen LogP contribution is 2.24. The Morgan fingerprint density at radius 1 is 1.08 bits per heavy atom. The van der Waals surface area contributed by atoms with E-state index in [0.717, 1.165) is 23.4 Å². The number of rotatable bonds is 9. The predicted molar refractivity (Wildman–Crippen MR) is 99.6 cm³/mol. The van der Waals surface area contributed by atoms with Crippen LogP contribution in [0.25, 0.3) is 0 Å². The number of ether oxygens (including phenoxy) is 1. The van der Waals surface area contributed by atoms with Crippen molar-refractivity contribution >= 4 is 5.69 Å². The SMILES string of the molecule is CCC(Nc1ccc(OCC(O)CN(C)C)cc1)c1ccc(F)cc1. The van der Waals surface area contributed by atoms with Gasteiger partial charge in [-0.2, -0.15) is 0 Å². The topological polar surface area (TPSA) is 44.7 Å². The first-order valence-electron chi connectivity index (χ1n) is 8.55. The van der Waals surface area contributed by atoms with E-state index in [0.29, 0.717) is 6.54 Å². The summed E-state index contributed by atoms with van der Waals surface area (Å²) >= 11 is 0. The molecule has 0 amide bonds. The quantitative estimate of drug-likeness (QED) is 0.727. The monoisotopic (exact) mass is 346 g/mol. The zero-order valence-electron chi connectivity index (χ0n) is 15.1. The van der Waals surface area contributed by atoms with Crippen molar-refractivity contribution < 1.29 is 14.2 Å². The van der Waals surface area contributed by atoms with Crippen LogP contribution in [0.3, 0.4) is 0 Å². The van der Waals surface area contributed by atoms with Crippen LogP contribution in [0.2, 0.25) is 0 Å². The van der Waals surface area contributed by atoms with Crippen LogP contribution in [0.5, 0.6) is 5.75 Å². The number of aliphatic hydroxyl groups excluding tert-OH is 1. The smallest absolute Gasteiger partial charge is 0.123 e. The standard InChI is InChI=1S/C20H27FN2O2/c1-4-20(15-5-7-16(21)8-6-15)22-17-9-11-19(12-10-17)25-14-18(24)13-23(2)3/h5-12,18,20,22,24H,4,13-14H2,1-3H3. The molecule has 25 heavy (non-hydrogen) atoms. The molecule has 0 aliphatic carbocycles. The average Bonchev–Trinajstić information content (AvgIpc) is 2.59. The summed E-state index contributed by atoms with van der Waals surface area (Å²) in [5, 5.41) is 13.3. The Morgan fingerprint density at radius 3 is 2.28 bits per heavy atom. The molecule has 2 N–H and O–H groups in total. The second kappa shape index (κ2) is 9.39. The predicted octanol–water partition coefficient (Wildman–Crippen LogP) is 3.69. The maximum absolute atomic E-state index is 13.1. The molecule has 136 valence electrons. The zero-order valence-corrected chi connectivity index (χ0v) is 15.1. The van der Waals surface area contributed by atoms with Gasteiger partial charge in [0.15, 0.2) is 0 Å². The molecular formula is C20H27FN2O2. The maximum Gasteiger partial charge on any atom is 0.123 e. The van der Waals surface area contributed by atoms with Gasteiger partial charge < -0.3 is 20.1 Å². The van der Waals surface area contributed by atoms with Crippen molar-refractivity contribution in [3.63, 3.8) is 0 Å². The van der Waals surface area contributed by atoms with E-state index in [1.807, 2.05) is 43.3 Å². The van der Waals surface area contributed by atoms with Crippen molar-refractivity contribution in [2.75, 3.05) is 32.6 Å². The van der Waals surface area contributed by atoms with E-state index in [1.54, 1.807) is 12.1 Å². The minimum atomic E-state index is -0.518. The summed E-state index contributed by atoms with van der Waals surface area (Å²) in [6.45, 7) is 2.91. The highest BCUT2D eigenvalue weighted by molar-refractivity contribution is 5.48. The number of hydrogen-bond acceptors (Lipinski definition) is 4. The molecular weight excluding hydrogens is 319 g/mol. The second-order valence-electron chi connectivity index (χ2n) is 6.41. The fourth-order valence-electron chi connectivity index (χ4n) is 2.63. The number of benzene rings is 2. The van der Waals surface area contributed by atoms with E-state index in [9.17, 15) is 9.50 Å². The van der Waals surface area contributed by atoms with E-state index < -0.39 is 6.10 Å². The highest BCUT2D eigenvalue weighted by atomic mass is 19.1. The summed E-state index contributed by atoms with van der Waals surface area (Å²) in [7, 11) is 3.82. The van der Waals surface area contributed by atoms with Gasteiger partial charge in [0.25, 0.3) is 0 Å². The van der Waals surface area contributed by atoms with E-state index in [-0.39, 0.29) is 18.5 Å². The molecule has 2 unspecified atom stereocenters. The van der Waals surface area contributed by atoms with Gasteiger partial charge in [0.1, 0.15) is 24.3 Å². The Balaban J connectivity index is 1.91. The Kier molecular flexibility index (Phi) is 7.22.